The van der Waals surface area contributed by atoms with E-state index in [0.29, 0.717) is 0 Å². The lowest BCUT2D eigenvalue weighted by Gasteiger charge is -2.29. The van der Waals surface area contributed by atoms with Gasteiger partial charge in [0, 0.05) is 5.56 Å². The van der Waals surface area contributed by atoms with Gasteiger partial charge in [-0.25, -0.2) is 8.78 Å². The van der Waals surface area contributed by atoms with Crippen molar-refractivity contribution in [3.8, 4) is 11.8 Å². The molecule has 1 aliphatic carbocycles. The van der Waals surface area contributed by atoms with Crippen LogP contribution in [0.25, 0.3) is 0 Å². The summed E-state index contributed by atoms with van der Waals surface area (Å²) in [7, 11) is 0. The third kappa shape index (κ3) is 5.92. The average molecular weight is 395 g/mol. The van der Waals surface area contributed by atoms with E-state index >= 15 is 0 Å². The first-order chi connectivity index (χ1) is 14.1. The van der Waals surface area contributed by atoms with E-state index in [1.807, 2.05) is 24.3 Å². The van der Waals surface area contributed by atoms with Crippen LogP contribution in [0.2, 0.25) is 0 Å². The van der Waals surface area contributed by atoms with Gasteiger partial charge in [0.25, 0.3) is 0 Å². The molecule has 0 aromatic heterocycles. The highest BCUT2D eigenvalue weighted by atomic mass is 19.1. The van der Waals surface area contributed by atoms with Crippen LogP contribution in [0.4, 0.5) is 8.78 Å². The van der Waals surface area contributed by atoms with Crippen molar-refractivity contribution in [1.29, 1.82) is 0 Å². The highest BCUT2D eigenvalue weighted by molar-refractivity contribution is 5.46. The van der Waals surface area contributed by atoms with E-state index in [1.54, 1.807) is 0 Å². The molecule has 1 aliphatic rings. The maximum atomic E-state index is 14.6. The van der Waals surface area contributed by atoms with Crippen molar-refractivity contribution in [2.75, 3.05) is 0 Å². The van der Waals surface area contributed by atoms with Crippen LogP contribution in [0.5, 0.6) is 0 Å². The van der Waals surface area contributed by atoms with E-state index in [1.165, 1.54) is 49.8 Å². The SMILES string of the molecule is CCCCC1CCC(c2cc(F)c(C#Cc3ccc(CCC)cc3)c(F)c2)CC1. The molecule has 2 aromatic rings. The Morgan fingerprint density at radius 2 is 1.52 bits per heavy atom. The molecule has 154 valence electrons. The predicted molar refractivity (Wildman–Crippen MR) is 117 cm³/mol. The minimum absolute atomic E-state index is 0.122. The third-order valence-corrected chi connectivity index (χ3v) is 6.17. The number of hydrogen-bond donors (Lipinski definition) is 0. The zero-order valence-corrected chi connectivity index (χ0v) is 17.7. The molecule has 29 heavy (non-hydrogen) atoms. The summed E-state index contributed by atoms with van der Waals surface area (Å²) in [6.07, 6.45) is 10.3. The summed E-state index contributed by atoms with van der Waals surface area (Å²) in [6, 6.07) is 10.9. The molecule has 1 fully saturated rings. The number of halogens is 2. The lowest BCUT2D eigenvalue weighted by Crippen LogP contribution is -2.14. The molecular formula is C27H32F2. The maximum Gasteiger partial charge on any atom is 0.142 e. The number of rotatable bonds is 6. The topological polar surface area (TPSA) is 0 Å². The second kappa shape index (κ2) is 10.6. The van der Waals surface area contributed by atoms with Gasteiger partial charge in [0.1, 0.15) is 11.6 Å². The van der Waals surface area contributed by atoms with Gasteiger partial charge in [0.2, 0.25) is 0 Å². The molecule has 1 saturated carbocycles. The molecular weight excluding hydrogens is 362 g/mol. The smallest absolute Gasteiger partial charge is 0.142 e. The van der Waals surface area contributed by atoms with Crippen molar-refractivity contribution in [2.24, 2.45) is 5.92 Å². The quantitative estimate of drug-likeness (QED) is 0.439. The van der Waals surface area contributed by atoms with Gasteiger partial charge in [0.05, 0.1) is 5.56 Å². The van der Waals surface area contributed by atoms with Crippen LogP contribution in [-0.4, -0.2) is 0 Å². The molecule has 0 nitrogen and oxygen atoms in total. The van der Waals surface area contributed by atoms with Gasteiger partial charge in [-0.2, -0.15) is 0 Å². The number of aryl methyl sites for hydroxylation is 1. The van der Waals surface area contributed by atoms with Crippen molar-refractivity contribution in [3.05, 3.63) is 70.3 Å². The molecule has 0 amide bonds. The summed E-state index contributed by atoms with van der Waals surface area (Å²) in [6.45, 7) is 4.37. The highest BCUT2D eigenvalue weighted by Gasteiger charge is 2.23. The maximum absolute atomic E-state index is 14.6. The van der Waals surface area contributed by atoms with E-state index in [2.05, 4.69) is 25.7 Å². The normalized spacial score (nSPS) is 18.9. The molecule has 2 aromatic carbocycles. The van der Waals surface area contributed by atoms with Crippen LogP contribution in [0, 0.1) is 29.4 Å². The van der Waals surface area contributed by atoms with E-state index in [-0.39, 0.29) is 11.5 Å². The number of hydrogen-bond acceptors (Lipinski definition) is 0. The Bertz CT molecular complexity index is 823. The minimum Gasteiger partial charge on any atom is -0.206 e. The van der Waals surface area contributed by atoms with Crippen LogP contribution >= 0.6 is 0 Å². The highest BCUT2D eigenvalue weighted by Crippen LogP contribution is 2.38. The van der Waals surface area contributed by atoms with Gasteiger partial charge in [-0.15, -0.1) is 0 Å². The van der Waals surface area contributed by atoms with Gasteiger partial charge in [-0.05, 0) is 79.3 Å². The first kappa shape index (κ1) is 21.6. The van der Waals surface area contributed by atoms with Gasteiger partial charge in [0.15, 0.2) is 0 Å². The molecule has 0 spiro atoms. The number of unbranched alkanes of at least 4 members (excludes halogenated alkanes) is 1. The van der Waals surface area contributed by atoms with Gasteiger partial charge >= 0.3 is 0 Å². The van der Waals surface area contributed by atoms with Crippen molar-refractivity contribution < 1.29 is 8.78 Å². The zero-order chi connectivity index (χ0) is 20.6. The van der Waals surface area contributed by atoms with Gasteiger partial charge < -0.3 is 0 Å². The monoisotopic (exact) mass is 394 g/mol. The van der Waals surface area contributed by atoms with Crippen LogP contribution in [0.3, 0.4) is 0 Å². The summed E-state index contributed by atoms with van der Waals surface area (Å²) in [4.78, 5) is 0. The Kier molecular flexibility index (Phi) is 7.87. The lowest BCUT2D eigenvalue weighted by molar-refractivity contribution is 0.303. The zero-order valence-electron chi connectivity index (χ0n) is 17.7. The average Bonchev–Trinajstić information content (AvgIpc) is 2.73. The molecule has 0 N–H and O–H groups in total. The van der Waals surface area contributed by atoms with Crippen molar-refractivity contribution in [3.63, 3.8) is 0 Å². The predicted octanol–water partition coefficient (Wildman–Crippen LogP) is 7.78. The first-order valence-electron chi connectivity index (χ1n) is 11.2. The Morgan fingerprint density at radius 1 is 0.862 bits per heavy atom. The van der Waals surface area contributed by atoms with Crippen molar-refractivity contribution in [2.45, 2.75) is 77.6 Å². The summed E-state index contributed by atoms with van der Waals surface area (Å²) < 4.78 is 29.3. The molecule has 2 heteroatoms. The minimum atomic E-state index is -0.539. The fourth-order valence-corrected chi connectivity index (χ4v) is 4.40. The van der Waals surface area contributed by atoms with Crippen LogP contribution < -0.4 is 0 Å². The van der Waals surface area contributed by atoms with Gasteiger partial charge in [-0.1, -0.05) is 63.5 Å². The molecule has 0 saturated heterocycles. The summed E-state index contributed by atoms with van der Waals surface area (Å²) in [5, 5.41) is 0. The summed E-state index contributed by atoms with van der Waals surface area (Å²) >= 11 is 0. The third-order valence-electron chi connectivity index (χ3n) is 6.17. The Balaban J connectivity index is 1.69. The van der Waals surface area contributed by atoms with Crippen molar-refractivity contribution in [1.82, 2.24) is 0 Å². The van der Waals surface area contributed by atoms with E-state index < -0.39 is 11.6 Å². The fraction of sp³-hybridized carbons (Fsp3) is 0.481. The fourth-order valence-electron chi connectivity index (χ4n) is 4.40. The van der Waals surface area contributed by atoms with Crippen LogP contribution in [0.15, 0.2) is 36.4 Å². The summed E-state index contributed by atoms with van der Waals surface area (Å²) in [5.41, 5.74) is 2.70. The Labute approximate surface area is 174 Å². The first-order valence-corrected chi connectivity index (χ1v) is 11.2. The lowest BCUT2D eigenvalue weighted by atomic mass is 9.77. The van der Waals surface area contributed by atoms with Crippen LogP contribution in [-0.2, 0) is 6.42 Å². The standard InChI is InChI=1S/C27H32F2/c1-3-5-7-21-12-15-23(16-13-21)24-18-26(28)25(27(29)19-24)17-14-22-10-8-20(6-4-2)9-11-22/h8-11,18-19,21,23H,3-7,12-13,15-16H2,1-2H3. The Morgan fingerprint density at radius 3 is 2.10 bits per heavy atom. The molecule has 0 aliphatic heterocycles. The Hall–Kier alpha value is -2.14. The molecule has 3 rings (SSSR count). The van der Waals surface area contributed by atoms with E-state index in [4.69, 9.17) is 0 Å². The second-order valence-corrected chi connectivity index (χ2v) is 8.42. The largest absolute Gasteiger partial charge is 0.206 e. The second-order valence-electron chi connectivity index (χ2n) is 8.42. The number of benzene rings is 2. The van der Waals surface area contributed by atoms with E-state index in [9.17, 15) is 8.78 Å². The molecule has 0 radical (unpaired) electrons. The molecule has 0 bridgehead atoms. The molecule has 0 unspecified atom stereocenters. The van der Waals surface area contributed by atoms with Crippen LogP contribution in [0.1, 0.15) is 93.4 Å². The van der Waals surface area contributed by atoms with Gasteiger partial charge in [-0.3, -0.25) is 0 Å². The van der Waals surface area contributed by atoms with Crippen molar-refractivity contribution >= 4 is 0 Å². The van der Waals surface area contributed by atoms with E-state index in [0.717, 1.165) is 42.7 Å². The molecule has 0 heterocycles. The molecule has 0 atom stereocenters. The summed E-state index contributed by atoms with van der Waals surface area (Å²) in [5.74, 6) is 5.59.